The summed E-state index contributed by atoms with van der Waals surface area (Å²) in [5, 5.41) is 0. The van der Waals surface area contributed by atoms with Gasteiger partial charge in [0.05, 0.1) is 24.7 Å². The number of rotatable bonds is 4. The molecular weight excluding hydrogens is 230 g/mol. The van der Waals surface area contributed by atoms with E-state index in [0.29, 0.717) is 23.7 Å². The van der Waals surface area contributed by atoms with Gasteiger partial charge in [0, 0.05) is 11.1 Å². The highest BCUT2D eigenvalue weighted by Crippen LogP contribution is 2.19. The van der Waals surface area contributed by atoms with Crippen molar-refractivity contribution < 1.29 is 9.53 Å². The number of benzene rings is 1. The Labute approximate surface area is 105 Å². The Hall–Kier alpha value is -2.43. The Morgan fingerprint density at radius 2 is 2.22 bits per heavy atom. The Kier molecular flexibility index (Phi) is 3.52. The van der Waals surface area contributed by atoms with Crippen molar-refractivity contribution in [3.63, 3.8) is 0 Å². The molecule has 0 radical (unpaired) electrons. The second kappa shape index (κ2) is 5.27. The number of primary amides is 1. The maximum absolute atomic E-state index is 11.1. The third-order valence-corrected chi connectivity index (χ3v) is 2.35. The van der Waals surface area contributed by atoms with Crippen molar-refractivity contribution >= 4 is 5.91 Å². The second-order valence-electron chi connectivity index (χ2n) is 3.62. The number of ether oxygens (including phenoxy) is 1. The molecule has 0 saturated heterocycles. The largest absolute Gasteiger partial charge is 0.477 e. The first kappa shape index (κ1) is 12.0. The van der Waals surface area contributed by atoms with Crippen LogP contribution in [0.5, 0.6) is 5.88 Å². The Balaban J connectivity index is 2.38. The van der Waals surface area contributed by atoms with E-state index in [1.165, 1.54) is 0 Å². The van der Waals surface area contributed by atoms with Gasteiger partial charge in [0.1, 0.15) is 0 Å². The zero-order chi connectivity index (χ0) is 13.0. The number of carbonyl (C=O) groups excluding carboxylic acids is 1. The molecule has 2 N–H and O–H groups in total. The predicted octanol–water partition coefficient (Wildman–Crippen LogP) is 1.64. The fraction of sp³-hybridized carbons (Fsp3) is 0.154. The standard InChI is InChI=1S/C13H13N3O2/c1-2-18-12-8-15-7-11(16-12)9-4-3-5-10(6-9)13(14)17/h3-8H,2H2,1H3,(H2,14,17). The third kappa shape index (κ3) is 2.63. The molecule has 5 nitrogen and oxygen atoms in total. The van der Waals surface area contributed by atoms with Crippen LogP contribution in [-0.4, -0.2) is 22.5 Å². The molecule has 0 unspecified atom stereocenters. The third-order valence-electron chi connectivity index (χ3n) is 2.35. The van der Waals surface area contributed by atoms with Gasteiger partial charge in [-0.25, -0.2) is 4.98 Å². The molecule has 1 heterocycles. The summed E-state index contributed by atoms with van der Waals surface area (Å²) in [4.78, 5) is 19.5. The maximum Gasteiger partial charge on any atom is 0.248 e. The van der Waals surface area contributed by atoms with Crippen molar-refractivity contribution in [2.75, 3.05) is 6.61 Å². The number of hydrogen-bond donors (Lipinski definition) is 1. The van der Waals surface area contributed by atoms with Crippen LogP contribution in [0, 0.1) is 0 Å². The van der Waals surface area contributed by atoms with Gasteiger partial charge in [-0.3, -0.25) is 9.78 Å². The van der Waals surface area contributed by atoms with Crippen molar-refractivity contribution in [2.45, 2.75) is 6.92 Å². The summed E-state index contributed by atoms with van der Waals surface area (Å²) in [6.07, 6.45) is 3.16. The molecule has 1 amide bonds. The molecule has 0 aliphatic rings. The fourth-order valence-electron chi connectivity index (χ4n) is 1.54. The van der Waals surface area contributed by atoms with E-state index in [0.717, 1.165) is 5.56 Å². The van der Waals surface area contributed by atoms with Crippen LogP contribution in [-0.2, 0) is 0 Å². The minimum atomic E-state index is -0.467. The fourth-order valence-corrected chi connectivity index (χ4v) is 1.54. The number of aromatic nitrogens is 2. The van der Waals surface area contributed by atoms with Gasteiger partial charge in [-0.2, -0.15) is 0 Å². The molecule has 0 aliphatic carbocycles. The normalized spacial score (nSPS) is 10.1. The molecule has 92 valence electrons. The van der Waals surface area contributed by atoms with Gasteiger partial charge in [-0.1, -0.05) is 12.1 Å². The highest BCUT2D eigenvalue weighted by molar-refractivity contribution is 5.93. The summed E-state index contributed by atoms with van der Waals surface area (Å²) in [5.41, 5.74) is 7.10. The lowest BCUT2D eigenvalue weighted by molar-refractivity contribution is 0.100. The van der Waals surface area contributed by atoms with Crippen molar-refractivity contribution in [2.24, 2.45) is 5.73 Å². The van der Waals surface area contributed by atoms with Crippen LogP contribution < -0.4 is 10.5 Å². The van der Waals surface area contributed by atoms with Gasteiger partial charge in [0.15, 0.2) is 0 Å². The van der Waals surface area contributed by atoms with Gasteiger partial charge in [-0.05, 0) is 19.1 Å². The average Bonchev–Trinajstić information content (AvgIpc) is 2.39. The molecule has 0 fully saturated rings. The van der Waals surface area contributed by atoms with E-state index in [1.54, 1.807) is 30.6 Å². The SMILES string of the molecule is CCOc1cncc(-c2cccc(C(N)=O)c2)n1. The van der Waals surface area contributed by atoms with Crippen LogP contribution >= 0.6 is 0 Å². The summed E-state index contributed by atoms with van der Waals surface area (Å²) in [5.74, 6) is -0.00903. The van der Waals surface area contributed by atoms with Crippen molar-refractivity contribution in [1.82, 2.24) is 9.97 Å². The van der Waals surface area contributed by atoms with Crippen molar-refractivity contribution in [3.05, 3.63) is 42.2 Å². The molecule has 0 bridgehead atoms. The molecule has 0 spiro atoms. The number of hydrogen-bond acceptors (Lipinski definition) is 4. The van der Waals surface area contributed by atoms with Crippen LogP contribution in [0.4, 0.5) is 0 Å². The van der Waals surface area contributed by atoms with Gasteiger partial charge in [0.25, 0.3) is 0 Å². The monoisotopic (exact) mass is 243 g/mol. The number of nitrogens with zero attached hydrogens (tertiary/aromatic N) is 2. The molecular formula is C13H13N3O2. The lowest BCUT2D eigenvalue weighted by atomic mass is 10.1. The summed E-state index contributed by atoms with van der Waals surface area (Å²) in [7, 11) is 0. The highest BCUT2D eigenvalue weighted by Gasteiger charge is 2.06. The Bertz CT molecular complexity index is 570. The van der Waals surface area contributed by atoms with E-state index in [1.807, 2.05) is 13.0 Å². The molecule has 0 saturated carbocycles. The zero-order valence-electron chi connectivity index (χ0n) is 9.96. The quantitative estimate of drug-likeness (QED) is 0.885. The molecule has 0 aliphatic heterocycles. The topological polar surface area (TPSA) is 78.1 Å². The van der Waals surface area contributed by atoms with Crippen LogP contribution in [0.3, 0.4) is 0 Å². The van der Waals surface area contributed by atoms with Crippen molar-refractivity contribution in [1.29, 1.82) is 0 Å². The maximum atomic E-state index is 11.1. The van der Waals surface area contributed by atoms with E-state index in [9.17, 15) is 4.79 Å². The van der Waals surface area contributed by atoms with Gasteiger partial charge >= 0.3 is 0 Å². The summed E-state index contributed by atoms with van der Waals surface area (Å²) >= 11 is 0. The molecule has 2 rings (SSSR count). The minimum absolute atomic E-state index is 0.441. The zero-order valence-corrected chi connectivity index (χ0v) is 9.96. The predicted molar refractivity (Wildman–Crippen MR) is 67.2 cm³/mol. The number of amides is 1. The lowest BCUT2D eigenvalue weighted by Crippen LogP contribution is -2.10. The second-order valence-corrected chi connectivity index (χ2v) is 3.62. The molecule has 18 heavy (non-hydrogen) atoms. The number of carbonyl (C=O) groups is 1. The van der Waals surface area contributed by atoms with Gasteiger partial charge < -0.3 is 10.5 Å². The van der Waals surface area contributed by atoms with Crippen LogP contribution in [0.15, 0.2) is 36.7 Å². The molecule has 2 aromatic rings. The van der Waals surface area contributed by atoms with E-state index >= 15 is 0 Å². The van der Waals surface area contributed by atoms with Crippen LogP contribution in [0.2, 0.25) is 0 Å². The summed E-state index contributed by atoms with van der Waals surface area (Å²) in [6.45, 7) is 2.40. The Morgan fingerprint density at radius 1 is 1.39 bits per heavy atom. The molecule has 0 atom stereocenters. The lowest BCUT2D eigenvalue weighted by Gasteiger charge is -2.05. The smallest absolute Gasteiger partial charge is 0.248 e. The Morgan fingerprint density at radius 3 is 2.94 bits per heavy atom. The van der Waals surface area contributed by atoms with E-state index < -0.39 is 5.91 Å². The van der Waals surface area contributed by atoms with Crippen LogP contribution in [0.1, 0.15) is 17.3 Å². The summed E-state index contributed by atoms with van der Waals surface area (Å²) in [6, 6.07) is 6.93. The summed E-state index contributed by atoms with van der Waals surface area (Å²) < 4.78 is 5.28. The van der Waals surface area contributed by atoms with E-state index in [2.05, 4.69) is 9.97 Å². The first-order valence-electron chi connectivity index (χ1n) is 5.56. The van der Waals surface area contributed by atoms with E-state index in [4.69, 9.17) is 10.5 Å². The average molecular weight is 243 g/mol. The van der Waals surface area contributed by atoms with E-state index in [-0.39, 0.29) is 0 Å². The van der Waals surface area contributed by atoms with Crippen LogP contribution in [0.25, 0.3) is 11.3 Å². The first-order chi connectivity index (χ1) is 8.70. The first-order valence-corrected chi connectivity index (χ1v) is 5.56. The molecule has 1 aromatic carbocycles. The minimum Gasteiger partial charge on any atom is -0.477 e. The van der Waals surface area contributed by atoms with Crippen molar-refractivity contribution in [3.8, 4) is 17.1 Å². The molecule has 1 aromatic heterocycles. The molecule has 5 heteroatoms. The highest BCUT2D eigenvalue weighted by atomic mass is 16.5. The van der Waals surface area contributed by atoms with Gasteiger partial charge in [-0.15, -0.1) is 0 Å². The number of nitrogens with two attached hydrogens (primary N) is 1. The van der Waals surface area contributed by atoms with Gasteiger partial charge in [0.2, 0.25) is 11.8 Å².